The van der Waals surface area contributed by atoms with Gasteiger partial charge in [0.1, 0.15) is 11.6 Å². The number of rotatable bonds is 3. The van der Waals surface area contributed by atoms with E-state index < -0.39 is 0 Å². The van der Waals surface area contributed by atoms with Crippen LogP contribution in [-0.2, 0) is 5.75 Å². The highest BCUT2D eigenvalue weighted by Gasteiger charge is 2.06. The average molecular weight is 248 g/mol. The van der Waals surface area contributed by atoms with E-state index >= 15 is 0 Å². The molecule has 1 heterocycles. The van der Waals surface area contributed by atoms with Crippen LogP contribution in [0.5, 0.6) is 0 Å². The van der Waals surface area contributed by atoms with Gasteiger partial charge in [0.05, 0.1) is 11.6 Å². The highest BCUT2D eigenvalue weighted by atomic mass is 32.2. The van der Waals surface area contributed by atoms with Crippen molar-refractivity contribution in [3.8, 4) is 6.07 Å². The third-order valence-corrected chi connectivity index (χ3v) is 3.01. The van der Waals surface area contributed by atoms with E-state index in [1.807, 2.05) is 6.07 Å². The number of hydrogen-bond acceptors (Lipinski definition) is 4. The van der Waals surface area contributed by atoms with Crippen molar-refractivity contribution in [2.24, 2.45) is 0 Å². The second-order valence-corrected chi connectivity index (χ2v) is 4.35. The number of nitrogens with one attached hydrogen (secondary N) is 1. The van der Waals surface area contributed by atoms with Gasteiger partial charge in [0.25, 0.3) is 0 Å². The van der Waals surface area contributed by atoms with Crippen molar-refractivity contribution < 1.29 is 4.39 Å². The van der Waals surface area contributed by atoms with E-state index in [4.69, 9.17) is 5.26 Å². The molecule has 86 valence electrons. The maximum Gasteiger partial charge on any atom is 0.208 e. The lowest BCUT2D eigenvalue weighted by Gasteiger charge is -2.00. The van der Waals surface area contributed by atoms with Crippen LogP contribution in [0, 0.1) is 24.1 Å². The zero-order valence-electron chi connectivity index (χ0n) is 9.07. The SMILES string of the molecule is Cc1nc(SCc2ccc(C#N)cc2F)n[nH]1. The molecule has 0 atom stereocenters. The number of hydrogen-bond donors (Lipinski definition) is 1. The van der Waals surface area contributed by atoms with Gasteiger partial charge < -0.3 is 0 Å². The molecule has 0 bridgehead atoms. The van der Waals surface area contributed by atoms with Gasteiger partial charge in [-0.3, -0.25) is 5.10 Å². The number of halogens is 1. The van der Waals surface area contributed by atoms with E-state index in [0.717, 1.165) is 5.82 Å². The summed E-state index contributed by atoms with van der Waals surface area (Å²) in [5, 5.41) is 15.9. The maximum absolute atomic E-state index is 13.5. The van der Waals surface area contributed by atoms with Crippen LogP contribution in [-0.4, -0.2) is 15.2 Å². The number of H-pyrrole nitrogens is 1. The minimum atomic E-state index is -0.371. The van der Waals surface area contributed by atoms with Crippen molar-refractivity contribution in [2.45, 2.75) is 17.8 Å². The van der Waals surface area contributed by atoms with Crippen molar-refractivity contribution in [3.05, 3.63) is 41.0 Å². The van der Waals surface area contributed by atoms with Crippen molar-refractivity contribution >= 4 is 11.8 Å². The van der Waals surface area contributed by atoms with Gasteiger partial charge in [0.2, 0.25) is 5.16 Å². The van der Waals surface area contributed by atoms with Gasteiger partial charge in [-0.25, -0.2) is 9.37 Å². The summed E-state index contributed by atoms with van der Waals surface area (Å²) < 4.78 is 13.5. The number of nitriles is 1. The van der Waals surface area contributed by atoms with Crippen molar-refractivity contribution in [3.63, 3.8) is 0 Å². The normalized spacial score (nSPS) is 10.2. The monoisotopic (exact) mass is 248 g/mol. The fourth-order valence-electron chi connectivity index (χ4n) is 1.26. The number of thioether (sulfide) groups is 1. The van der Waals surface area contributed by atoms with E-state index in [0.29, 0.717) is 22.0 Å². The summed E-state index contributed by atoms with van der Waals surface area (Å²) in [7, 11) is 0. The van der Waals surface area contributed by atoms with Crippen molar-refractivity contribution in [2.75, 3.05) is 0 Å². The Kier molecular flexibility index (Phi) is 3.40. The molecule has 1 aromatic carbocycles. The molecule has 0 amide bonds. The van der Waals surface area contributed by atoms with Crippen LogP contribution in [0.4, 0.5) is 4.39 Å². The number of benzene rings is 1. The minimum Gasteiger partial charge on any atom is -0.262 e. The van der Waals surface area contributed by atoms with Gasteiger partial charge in [-0.1, -0.05) is 17.8 Å². The number of aromatic amines is 1. The summed E-state index contributed by atoms with van der Waals surface area (Å²) >= 11 is 1.35. The molecule has 0 unspecified atom stereocenters. The Bertz CT molecular complexity index is 573. The molecule has 0 aliphatic heterocycles. The van der Waals surface area contributed by atoms with Crippen LogP contribution in [0.15, 0.2) is 23.4 Å². The van der Waals surface area contributed by atoms with Gasteiger partial charge in [0, 0.05) is 5.75 Å². The van der Waals surface area contributed by atoms with Gasteiger partial charge in [-0.2, -0.15) is 5.26 Å². The van der Waals surface area contributed by atoms with Crippen molar-refractivity contribution in [1.29, 1.82) is 5.26 Å². The first-order chi connectivity index (χ1) is 8.19. The Hall–Kier alpha value is -1.87. The Morgan fingerprint density at radius 1 is 1.53 bits per heavy atom. The molecular weight excluding hydrogens is 239 g/mol. The highest BCUT2D eigenvalue weighted by Crippen LogP contribution is 2.21. The highest BCUT2D eigenvalue weighted by molar-refractivity contribution is 7.98. The van der Waals surface area contributed by atoms with Crippen LogP contribution in [0.3, 0.4) is 0 Å². The van der Waals surface area contributed by atoms with Crippen LogP contribution >= 0.6 is 11.8 Å². The lowest BCUT2D eigenvalue weighted by Crippen LogP contribution is -1.89. The first-order valence-corrected chi connectivity index (χ1v) is 5.88. The molecule has 0 aliphatic rings. The molecule has 0 spiro atoms. The van der Waals surface area contributed by atoms with E-state index in [9.17, 15) is 4.39 Å². The molecular formula is C11H9FN4S. The fraction of sp³-hybridized carbons (Fsp3) is 0.182. The molecule has 2 aromatic rings. The maximum atomic E-state index is 13.5. The molecule has 0 radical (unpaired) electrons. The second kappa shape index (κ2) is 4.97. The molecule has 0 saturated heterocycles. The van der Waals surface area contributed by atoms with Gasteiger partial charge in [0.15, 0.2) is 0 Å². The molecule has 0 saturated carbocycles. The largest absolute Gasteiger partial charge is 0.262 e. The number of nitrogens with zero attached hydrogens (tertiary/aromatic N) is 3. The topological polar surface area (TPSA) is 65.4 Å². The molecule has 2 rings (SSSR count). The Labute approximate surface area is 102 Å². The van der Waals surface area contributed by atoms with Gasteiger partial charge in [-0.05, 0) is 24.6 Å². The molecule has 0 aliphatic carbocycles. The molecule has 1 N–H and O–H groups in total. The van der Waals surface area contributed by atoms with Crippen molar-refractivity contribution in [1.82, 2.24) is 15.2 Å². The van der Waals surface area contributed by atoms with Gasteiger partial charge in [-0.15, -0.1) is 5.10 Å². The minimum absolute atomic E-state index is 0.324. The summed E-state index contributed by atoms with van der Waals surface area (Å²) in [4.78, 5) is 4.11. The summed E-state index contributed by atoms with van der Waals surface area (Å²) in [5.74, 6) is 0.797. The third-order valence-electron chi connectivity index (χ3n) is 2.12. The third kappa shape index (κ3) is 2.82. The average Bonchev–Trinajstić information content (AvgIpc) is 2.73. The zero-order valence-corrected chi connectivity index (χ0v) is 9.88. The first-order valence-electron chi connectivity index (χ1n) is 4.89. The van der Waals surface area contributed by atoms with Crippen LogP contribution in [0.25, 0.3) is 0 Å². The fourth-order valence-corrected chi connectivity index (χ4v) is 2.09. The van der Waals surface area contributed by atoms with Crippen LogP contribution in [0.1, 0.15) is 17.0 Å². The Morgan fingerprint density at radius 3 is 2.94 bits per heavy atom. The number of aromatic nitrogens is 3. The van der Waals surface area contributed by atoms with Crippen LogP contribution < -0.4 is 0 Å². The number of aryl methyl sites for hydroxylation is 1. The smallest absolute Gasteiger partial charge is 0.208 e. The Morgan fingerprint density at radius 2 is 2.35 bits per heavy atom. The summed E-state index contributed by atoms with van der Waals surface area (Å²) in [5.41, 5.74) is 0.862. The predicted octanol–water partition coefficient (Wildman–Crippen LogP) is 2.42. The quantitative estimate of drug-likeness (QED) is 0.847. The van der Waals surface area contributed by atoms with E-state index in [2.05, 4.69) is 15.2 Å². The lowest BCUT2D eigenvalue weighted by atomic mass is 10.1. The van der Waals surface area contributed by atoms with Crippen LogP contribution in [0.2, 0.25) is 0 Å². The molecule has 17 heavy (non-hydrogen) atoms. The predicted molar refractivity (Wildman–Crippen MR) is 61.8 cm³/mol. The summed E-state index contributed by atoms with van der Waals surface area (Å²) in [6.45, 7) is 1.80. The zero-order chi connectivity index (χ0) is 12.3. The first kappa shape index (κ1) is 11.6. The molecule has 0 fully saturated rings. The van der Waals surface area contributed by atoms with E-state index in [-0.39, 0.29) is 5.82 Å². The molecule has 4 nitrogen and oxygen atoms in total. The van der Waals surface area contributed by atoms with E-state index in [1.54, 1.807) is 19.1 Å². The lowest BCUT2D eigenvalue weighted by molar-refractivity contribution is 0.617. The van der Waals surface area contributed by atoms with E-state index in [1.165, 1.54) is 17.8 Å². The van der Waals surface area contributed by atoms with Gasteiger partial charge >= 0.3 is 0 Å². The second-order valence-electron chi connectivity index (χ2n) is 3.41. The molecule has 1 aromatic heterocycles. The summed E-state index contributed by atoms with van der Waals surface area (Å²) in [6, 6.07) is 6.34. The summed E-state index contributed by atoms with van der Waals surface area (Å²) in [6.07, 6.45) is 0. The standard InChI is InChI=1S/C11H9FN4S/c1-7-14-11(16-15-7)17-6-9-3-2-8(5-13)4-10(9)12/h2-4H,6H2,1H3,(H,14,15,16). The molecule has 6 heteroatoms. The Balaban J connectivity index is 2.07.